The van der Waals surface area contributed by atoms with Crippen molar-refractivity contribution >= 4 is 23.2 Å². The molecule has 6 atom stereocenters. The summed E-state index contributed by atoms with van der Waals surface area (Å²) in [6.45, 7) is 2.26. The van der Waals surface area contributed by atoms with Crippen LogP contribution in [0.1, 0.15) is 42.7 Å². The van der Waals surface area contributed by atoms with Crippen LogP contribution in [0.5, 0.6) is 5.75 Å². The third kappa shape index (κ3) is 2.83. The van der Waals surface area contributed by atoms with Crippen molar-refractivity contribution in [3.63, 3.8) is 0 Å². The third-order valence-corrected chi connectivity index (χ3v) is 7.99. The molecule has 158 valence electrons. The molecule has 2 aliphatic heterocycles. The lowest BCUT2D eigenvalue weighted by atomic mass is 9.64. The zero-order valence-electron chi connectivity index (χ0n) is 16.7. The highest BCUT2D eigenvalue weighted by Gasteiger charge is 2.66. The maximum absolute atomic E-state index is 13.4. The van der Waals surface area contributed by atoms with E-state index in [-0.39, 0.29) is 30.0 Å². The number of aliphatic hydroxyl groups is 1. The second-order valence-electron chi connectivity index (χ2n) is 8.57. The quantitative estimate of drug-likeness (QED) is 0.730. The summed E-state index contributed by atoms with van der Waals surface area (Å²) in [5.74, 6) is -3.42. The lowest BCUT2D eigenvalue weighted by Gasteiger charge is -2.44. The van der Waals surface area contributed by atoms with Crippen LogP contribution in [0.15, 0.2) is 41.8 Å². The van der Waals surface area contributed by atoms with Crippen LogP contribution in [-0.2, 0) is 20.9 Å². The predicted molar refractivity (Wildman–Crippen MR) is 110 cm³/mol. The monoisotopic (exact) mass is 427 g/mol. The van der Waals surface area contributed by atoms with E-state index in [1.54, 1.807) is 18.2 Å². The first-order valence-electron chi connectivity index (χ1n) is 10.5. The largest absolute Gasteiger partial charge is 0.508 e. The number of likely N-dealkylation sites (tertiary alicyclic amines) is 1. The predicted octanol–water partition coefficient (Wildman–Crippen LogP) is 3.45. The van der Waals surface area contributed by atoms with Gasteiger partial charge in [-0.3, -0.25) is 14.5 Å². The highest BCUT2D eigenvalue weighted by Crippen LogP contribution is 2.59. The van der Waals surface area contributed by atoms with Crippen LogP contribution >= 0.6 is 11.3 Å². The molecule has 6 nitrogen and oxygen atoms in total. The second-order valence-corrected chi connectivity index (χ2v) is 9.61. The molecule has 1 aliphatic carbocycles. The summed E-state index contributed by atoms with van der Waals surface area (Å²) >= 11 is 1.52. The molecule has 2 amide bonds. The molecule has 0 radical (unpaired) electrons. The number of amides is 2. The molecule has 30 heavy (non-hydrogen) atoms. The summed E-state index contributed by atoms with van der Waals surface area (Å²) in [6.07, 6.45) is 0.976. The number of carbonyl (C=O) groups excluding carboxylic acids is 2. The van der Waals surface area contributed by atoms with Gasteiger partial charge in [0.15, 0.2) is 5.79 Å². The molecule has 1 aromatic heterocycles. The van der Waals surface area contributed by atoms with Gasteiger partial charge in [0.05, 0.1) is 24.5 Å². The summed E-state index contributed by atoms with van der Waals surface area (Å²) in [5, 5.41) is 23.8. The molecule has 0 unspecified atom stereocenters. The molecule has 2 aromatic rings. The van der Waals surface area contributed by atoms with E-state index < -0.39 is 29.6 Å². The van der Waals surface area contributed by atoms with E-state index >= 15 is 0 Å². The van der Waals surface area contributed by atoms with Gasteiger partial charge in [-0.05, 0) is 36.8 Å². The van der Waals surface area contributed by atoms with Gasteiger partial charge in [-0.25, -0.2) is 0 Å². The minimum absolute atomic E-state index is 0.113. The molecule has 2 saturated heterocycles. The van der Waals surface area contributed by atoms with Crippen molar-refractivity contribution in [3.05, 3.63) is 52.2 Å². The van der Waals surface area contributed by atoms with Gasteiger partial charge >= 0.3 is 0 Å². The van der Waals surface area contributed by atoms with Gasteiger partial charge in [0.25, 0.3) is 0 Å². The van der Waals surface area contributed by atoms with Crippen LogP contribution in [0.25, 0.3) is 0 Å². The Morgan fingerprint density at radius 3 is 2.67 bits per heavy atom. The highest BCUT2D eigenvalue weighted by molar-refractivity contribution is 7.09. The van der Waals surface area contributed by atoms with Crippen molar-refractivity contribution in [2.45, 2.75) is 44.6 Å². The molecule has 0 bridgehead atoms. The number of carbonyl (C=O) groups is 2. The molecule has 1 saturated carbocycles. The van der Waals surface area contributed by atoms with E-state index in [1.165, 1.54) is 16.2 Å². The fourth-order valence-electron chi connectivity index (χ4n) is 5.68. The van der Waals surface area contributed by atoms with Crippen LogP contribution in [0, 0.1) is 23.7 Å². The summed E-state index contributed by atoms with van der Waals surface area (Å²) in [6, 6.07) is 10.8. The van der Waals surface area contributed by atoms with E-state index in [0.29, 0.717) is 24.8 Å². The van der Waals surface area contributed by atoms with Gasteiger partial charge < -0.3 is 14.9 Å². The molecule has 1 aromatic carbocycles. The number of imide groups is 1. The van der Waals surface area contributed by atoms with Gasteiger partial charge in [-0.2, -0.15) is 0 Å². The van der Waals surface area contributed by atoms with Crippen molar-refractivity contribution < 1.29 is 24.5 Å². The first-order valence-corrected chi connectivity index (χ1v) is 11.4. The van der Waals surface area contributed by atoms with Gasteiger partial charge in [0.1, 0.15) is 5.75 Å². The summed E-state index contributed by atoms with van der Waals surface area (Å²) in [7, 11) is 0. The molecule has 3 heterocycles. The standard InChI is InChI=1S/C23H25NO5S/c1-2-13-10-16-20(22(27)24(21(16)26)12-14-6-5-9-30-14)17-11-19(29-23(13,17)28)15-7-3-4-8-18(15)25/h3-9,13,16-17,19-20,25,28H,2,10-12H2,1H3/t13-,16-,17-,19-,20-,23+/m0/s1. The van der Waals surface area contributed by atoms with Crippen LogP contribution in [0.4, 0.5) is 0 Å². The Kier molecular flexibility index (Phi) is 4.72. The Balaban J connectivity index is 1.49. The first kappa shape index (κ1) is 19.7. The lowest BCUT2D eigenvalue weighted by Crippen LogP contribution is -2.53. The number of thiophene rings is 1. The number of aromatic hydroxyl groups is 1. The van der Waals surface area contributed by atoms with Gasteiger partial charge in [-0.1, -0.05) is 31.2 Å². The fraction of sp³-hybridized carbons (Fsp3) is 0.478. The normalized spacial score (nSPS) is 35.5. The Labute approximate surface area is 179 Å². The number of hydrogen-bond acceptors (Lipinski definition) is 6. The Bertz CT molecular complexity index is 976. The van der Waals surface area contributed by atoms with Crippen molar-refractivity contribution in [1.82, 2.24) is 4.90 Å². The van der Waals surface area contributed by atoms with Gasteiger partial charge in [-0.15, -0.1) is 11.3 Å². The zero-order chi connectivity index (χ0) is 21.0. The maximum atomic E-state index is 13.4. The zero-order valence-corrected chi connectivity index (χ0v) is 17.5. The van der Waals surface area contributed by atoms with Crippen molar-refractivity contribution in [1.29, 1.82) is 0 Å². The van der Waals surface area contributed by atoms with Crippen LogP contribution < -0.4 is 0 Å². The fourth-order valence-corrected chi connectivity index (χ4v) is 6.37. The number of rotatable bonds is 4. The summed E-state index contributed by atoms with van der Waals surface area (Å²) in [4.78, 5) is 28.9. The lowest BCUT2D eigenvalue weighted by molar-refractivity contribution is -0.269. The first-order chi connectivity index (χ1) is 14.4. The minimum Gasteiger partial charge on any atom is -0.508 e. The number of phenolic OH excluding ortho intramolecular Hbond substituents is 1. The Morgan fingerprint density at radius 1 is 1.17 bits per heavy atom. The SMILES string of the molecule is CC[C@H]1C[C@@H]2C(=O)N(Cc3cccs3)C(=O)[C@@H]2[C@@H]2C[C@@H](c3ccccc3O)O[C@]12O. The van der Waals surface area contributed by atoms with E-state index in [4.69, 9.17) is 4.74 Å². The van der Waals surface area contributed by atoms with Crippen LogP contribution in [0.2, 0.25) is 0 Å². The molecule has 2 N–H and O–H groups in total. The van der Waals surface area contributed by atoms with Gasteiger partial charge in [0, 0.05) is 22.3 Å². The van der Waals surface area contributed by atoms with Crippen molar-refractivity contribution in [3.8, 4) is 5.75 Å². The topological polar surface area (TPSA) is 87.1 Å². The average molecular weight is 428 g/mol. The second kappa shape index (κ2) is 7.18. The number of ether oxygens (including phenoxy) is 1. The summed E-state index contributed by atoms with van der Waals surface area (Å²) < 4.78 is 6.17. The number of phenols is 1. The smallest absolute Gasteiger partial charge is 0.233 e. The van der Waals surface area contributed by atoms with Gasteiger partial charge in [0.2, 0.25) is 11.8 Å². The van der Waals surface area contributed by atoms with Crippen molar-refractivity contribution in [2.24, 2.45) is 23.7 Å². The summed E-state index contributed by atoms with van der Waals surface area (Å²) in [5.41, 5.74) is 0.610. The maximum Gasteiger partial charge on any atom is 0.233 e. The van der Waals surface area contributed by atoms with Crippen LogP contribution in [-0.4, -0.2) is 32.7 Å². The van der Waals surface area contributed by atoms with E-state index in [1.807, 2.05) is 30.5 Å². The molecule has 7 heteroatoms. The number of para-hydroxylation sites is 1. The molecular formula is C23H25NO5S. The number of fused-ring (bicyclic) bond motifs is 3. The molecule has 0 spiro atoms. The molecular weight excluding hydrogens is 402 g/mol. The molecule has 5 rings (SSSR count). The van der Waals surface area contributed by atoms with Crippen molar-refractivity contribution in [2.75, 3.05) is 0 Å². The van der Waals surface area contributed by atoms with E-state index in [9.17, 15) is 19.8 Å². The Morgan fingerprint density at radius 2 is 1.97 bits per heavy atom. The minimum atomic E-state index is -1.47. The Hall–Kier alpha value is -2.22. The average Bonchev–Trinajstić information content (AvgIpc) is 3.42. The molecule has 3 fully saturated rings. The number of hydrogen-bond donors (Lipinski definition) is 2. The van der Waals surface area contributed by atoms with E-state index in [0.717, 1.165) is 4.88 Å². The number of nitrogens with zero attached hydrogens (tertiary/aromatic N) is 1. The highest BCUT2D eigenvalue weighted by atomic mass is 32.1. The van der Waals surface area contributed by atoms with E-state index in [2.05, 4.69) is 0 Å². The van der Waals surface area contributed by atoms with Crippen LogP contribution in [0.3, 0.4) is 0 Å². The number of benzene rings is 1. The molecule has 3 aliphatic rings. The third-order valence-electron chi connectivity index (χ3n) is 7.13.